The van der Waals surface area contributed by atoms with Gasteiger partial charge in [-0.05, 0) is 37.0 Å². The van der Waals surface area contributed by atoms with E-state index in [0.717, 1.165) is 11.3 Å². The molecule has 1 unspecified atom stereocenters. The summed E-state index contributed by atoms with van der Waals surface area (Å²) in [5, 5.41) is 11.7. The summed E-state index contributed by atoms with van der Waals surface area (Å²) in [7, 11) is 0. The van der Waals surface area contributed by atoms with Crippen molar-refractivity contribution in [2.45, 2.75) is 25.5 Å². The van der Waals surface area contributed by atoms with Gasteiger partial charge >= 0.3 is 0 Å². The van der Waals surface area contributed by atoms with Gasteiger partial charge in [-0.25, -0.2) is 0 Å². The number of amidine groups is 1. The molecule has 122 valence electrons. The van der Waals surface area contributed by atoms with Crippen LogP contribution in [0.25, 0.3) is 0 Å². The van der Waals surface area contributed by atoms with E-state index in [1.54, 1.807) is 0 Å². The molecule has 1 heterocycles. The number of carbonyl (C=O) groups is 1. The molecule has 3 rings (SSSR count). The van der Waals surface area contributed by atoms with Gasteiger partial charge in [0.15, 0.2) is 5.17 Å². The molecule has 1 N–H and O–H groups in total. The highest BCUT2D eigenvalue weighted by Gasteiger charge is 2.30. The first kappa shape index (κ1) is 16.5. The van der Waals surface area contributed by atoms with E-state index in [-0.39, 0.29) is 11.2 Å². The topological polar surface area (TPSA) is 53.8 Å². The number of thioether (sulfide) groups is 1. The van der Waals surface area contributed by atoms with Crippen LogP contribution in [0.5, 0.6) is 0 Å². The summed E-state index contributed by atoms with van der Waals surface area (Å²) in [5.41, 5.74) is 4.23. The standard InChI is InChI=1S/C19H19N3OS/c1-13-8-6-7-11-16(13)12-17-18(23)20-19(24-17)22-21-14(2)15-9-4-3-5-10-15/h3-11,17H,12H2,1-2H3,(H,20,22,23)/b21-14+. The number of aryl methyl sites for hydroxylation is 1. The van der Waals surface area contributed by atoms with Gasteiger partial charge in [0.25, 0.3) is 0 Å². The Morgan fingerprint density at radius 3 is 2.58 bits per heavy atom. The van der Waals surface area contributed by atoms with Crippen LogP contribution in [0.1, 0.15) is 23.6 Å². The smallest absolute Gasteiger partial charge is 0.239 e. The van der Waals surface area contributed by atoms with Crippen molar-refractivity contribution in [3.05, 3.63) is 71.3 Å². The zero-order valence-corrected chi connectivity index (χ0v) is 14.5. The summed E-state index contributed by atoms with van der Waals surface area (Å²) in [6, 6.07) is 18.0. The Morgan fingerprint density at radius 2 is 1.83 bits per heavy atom. The predicted octanol–water partition coefficient (Wildman–Crippen LogP) is 3.55. The van der Waals surface area contributed by atoms with Crippen molar-refractivity contribution < 1.29 is 4.79 Å². The van der Waals surface area contributed by atoms with Gasteiger partial charge < -0.3 is 5.32 Å². The fourth-order valence-electron chi connectivity index (χ4n) is 2.48. The third-order valence-electron chi connectivity index (χ3n) is 3.93. The van der Waals surface area contributed by atoms with Crippen molar-refractivity contribution in [3.63, 3.8) is 0 Å². The van der Waals surface area contributed by atoms with Crippen molar-refractivity contribution in [2.24, 2.45) is 10.2 Å². The second-order valence-corrected chi connectivity index (χ2v) is 6.87. The monoisotopic (exact) mass is 337 g/mol. The van der Waals surface area contributed by atoms with Gasteiger partial charge in [-0.3, -0.25) is 4.79 Å². The number of hydrogen-bond acceptors (Lipinski definition) is 4. The zero-order valence-electron chi connectivity index (χ0n) is 13.7. The highest BCUT2D eigenvalue weighted by atomic mass is 32.2. The lowest BCUT2D eigenvalue weighted by molar-refractivity contribution is -0.118. The largest absolute Gasteiger partial charge is 0.303 e. The van der Waals surface area contributed by atoms with Gasteiger partial charge in [0, 0.05) is 0 Å². The fourth-order valence-corrected chi connectivity index (χ4v) is 3.43. The third kappa shape index (κ3) is 3.92. The van der Waals surface area contributed by atoms with E-state index >= 15 is 0 Å². The maximum Gasteiger partial charge on any atom is 0.239 e. The Labute approximate surface area is 146 Å². The summed E-state index contributed by atoms with van der Waals surface area (Å²) in [6.07, 6.45) is 0.698. The number of carbonyl (C=O) groups excluding carboxylic acids is 1. The average molecular weight is 337 g/mol. The normalized spacial score (nSPS) is 19.6. The van der Waals surface area contributed by atoms with E-state index in [2.05, 4.69) is 34.6 Å². The predicted molar refractivity (Wildman–Crippen MR) is 100 cm³/mol. The van der Waals surface area contributed by atoms with Gasteiger partial charge in [-0.2, -0.15) is 5.10 Å². The van der Waals surface area contributed by atoms with Gasteiger partial charge in [0.1, 0.15) is 0 Å². The number of rotatable bonds is 4. The quantitative estimate of drug-likeness (QED) is 0.685. The summed E-state index contributed by atoms with van der Waals surface area (Å²) in [6.45, 7) is 3.97. The van der Waals surface area contributed by atoms with Crippen LogP contribution < -0.4 is 5.32 Å². The Bertz CT molecular complexity index is 799. The Morgan fingerprint density at radius 1 is 1.12 bits per heavy atom. The second kappa shape index (κ2) is 7.45. The zero-order chi connectivity index (χ0) is 16.9. The van der Waals surface area contributed by atoms with Gasteiger partial charge in [0.05, 0.1) is 11.0 Å². The molecule has 4 nitrogen and oxygen atoms in total. The number of nitrogens with one attached hydrogen (secondary N) is 1. The van der Waals surface area contributed by atoms with Gasteiger partial charge in [-0.15, -0.1) is 5.10 Å². The van der Waals surface area contributed by atoms with E-state index in [9.17, 15) is 4.79 Å². The first-order valence-corrected chi connectivity index (χ1v) is 8.71. The Balaban J connectivity index is 1.69. The molecule has 1 saturated heterocycles. The number of amides is 1. The molecule has 24 heavy (non-hydrogen) atoms. The van der Waals surface area contributed by atoms with Crippen LogP contribution >= 0.6 is 11.8 Å². The molecule has 5 heteroatoms. The summed E-state index contributed by atoms with van der Waals surface area (Å²) in [5.74, 6) is -0.00503. The van der Waals surface area contributed by atoms with Crippen LogP contribution in [0.4, 0.5) is 0 Å². The van der Waals surface area contributed by atoms with Crippen molar-refractivity contribution in [1.29, 1.82) is 0 Å². The molecule has 1 atom stereocenters. The third-order valence-corrected chi connectivity index (χ3v) is 5.00. The molecular formula is C19H19N3OS. The van der Waals surface area contributed by atoms with Crippen LogP contribution in [-0.4, -0.2) is 22.0 Å². The molecule has 0 radical (unpaired) electrons. The van der Waals surface area contributed by atoms with E-state index in [4.69, 9.17) is 0 Å². The van der Waals surface area contributed by atoms with E-state index < -0.39 is 0 Å². The second-order valence-electron chi connectivity index (χ2n) is 5.68. The Hall–Kier alpha value is -2.40. The van der Waals surface area contributed by atoms with Gasteiger partial charge in [0.2, 0.25) is 5.91 Å². The lowest BCUT2D eigenvalue weighted by Gasteiger charge is -2.07. The van der Waals surface area contributed by atoms with Crippen molar-refractivity contribution >= 4 is 28.5 Å². The van der Waals surface area contributed by atoms with Crippen molar-refractivity contribution in [1.82, 2.24) is 5.32 Å². The van der Waals surface area contributed by atoms with E-state index in [0.29, 0.717) is 11.6 Å². The minimum absolute atomic E-state index is 0.00503. The highest BCUT2D eigenvalue weighted by molar-refractivity contribution is 8.15. The first-order chi connectivity index (χ1) is 11.6. The van der Waals surface area contributed by atoms with E-state index in [1.165, 1.54) is 22.9 Å². The summed E-state index contributed by atoms with van der Waals surface area (Å²) < 4.78 is 0. The molecule has 2 aromatic carbocycles. The molecule has 1 amide bonds. The molecule has 0 aromatic heterocycles. The molecule has 1 aliphatic heterocycles. The van der Waals surface area contributed by atoms with Crippen LogP contribution in [-0.2, 0) is 11.2 Å². The van der Waals surface area contributed by atoms with Crippen molar-refractivity contribution in [3.8, 4) is 0 Å². The maximum atomic E-state index is 12.2. The van der Waals surface area contributed by atoms with Crippen molar-refractivity contribution in [2.75, 3.05) is 0 Å². The van der Waals surface area contributed by atoms with Crippen LogP contribution in [0.15, 0.2) is 64.8 Å². The lowest BCUT2D eigenvalue weighted by Crippen LogP contribution is -2.26. The maximum absolute atomic E-state index is 12.2. The van der Waals surface area contributed by atoms with Crippen LogP contribution in [0.3, 0.4) is 0 Å². The van der Waals surface area contributed by atoms with Gasteiger partial charge in [-0.1, -0.05) is 66.4 Å². The fraction of sp³-hybridized carbons (Fsp3) is 0.211. The molecule has 1 fully saturated rings. The Kier molecular flexibility index (Phi) is 5.11. The summed E-state index contributed by atoms with van der Waals surface area (Å²) >= 11 is 1.44. The van der Waals surface area contributed by atoms with E-state index in [1.807, 2.05) is 49.4 Å². The van der Waals surface area contributed by atoms with Crippen LogP contribution in [0.2, 0.25) is 0 Å². The lowest BCUT2D eigenvalue weighted by atomic mass is 10.0. The SMILES string of the molecule is C/C(=N\N=C1/NC(=O)C(Cc2ccccc2C)S1)c1ccccc1. The average Bonchev–Trinajstić information content (AvgIpc) is 2.95. The highest BCUT2D eigenvalue weighted by Crippen LogP contribution is 2.24. The van der Waals surface area contributed by atoms with Crippen LogP contribution in [0, 0.1) is 6.92 Å². The number of nitrogens with zero attached hydrogens (tertiary/aromatic N) is 2. The first-order valence-electron chi connectivity index (χ1n) is 7.83. The molecule has 0 bridgehead atoms. The molecule has 0 spiro atoms. The molecule has 0 saturated carbocycles. The molecule has 2 aromatic rings. The molecule has 1 aliphatic rings. The minimum Gasteiger partial charge on any atom is -0.303 e. The summed E-state index contributed by atoms with van der Waals surface area (Å²) in [4.78, 5) is 12.2. The number of benzene rings is 2. The molecular weight excluding hydrogens is 318 g/mol. The minimum atomic E-state index is -0.155. The number of hydrogen-bond donors (Lipinski definition) is 1. The molecule has 0 aliphatic carbocycles.